The Bertz CT molecular complexity index is 441. The number of hydrogen-bond acceptors (Lipinski definition) is 1. The zero-order valence-corrected chi connectivity index (χ0v) is 10.2. The first-order chi connectivity index (χ1) is 7.85. The van der Waals surface area contributed by atoms with E-state index in [1.165, 1.54) is 11.1 Å². The maximum absolute atomic E-state index is 2.46. The topological polar surface area (TPSA) is 7.65 Å². The second-order valence-electron chi connectivity index (χ2n) is 4.11. The molecule has 0 spiro atoms. The predicted octanol–water partition coefficient (Wildman–Crippen LogP) is 2.82. The minimum absolute atomic E-state index is 1.14. The van der Waals surface area contributed by atoms with Gasteiger partial charge in [-0.1, -0.05) is 19.9 Å². The zero-order valence-electron chi connectivity index (χ0n) is 10.2. The Morgan fingerprint density at radius 2 is 1.88 bits per heavy atom. The van der Waals surface area contributed by atoms with Crippen LogP contribution in [0.1, 0.15) is 19.4 Å². The van der Waals surface area contributed by atoms with Gasteiger partial charge in [0.05, 0.1) is 0 Å². The van der Waals surface area contributed by atoms with Gasteiger partial charge in [-0.3, -0.25) is 0 Å². The van der Waals surface area contributed by atoms with Gasteiger partial charge in [-0.25, -0.2) is 0 Å². The number of nitrogens with zero attached hydrogens (tertiary/aromatic N) is 2. The molecule has 2 nitrogen and oxygen atoms in total. The molecule has 0 saturated heterocycles. The molecule has 2 heterocycles. The summed E-state index contributed by atoms with van der Waals surface area (Å²) in [4.78, 5) is 2.46. The highest BCUT2D eigenvalue weighted by molar-refractivity contribution is 5.55. The van der Waals surface area contributed by atoms with Gasteiger partial charge in [0.1, 0.15) is 0 Å². The third-order valence-electron chi connectivity index (χ3n) is 3.25. The fourth-order valence-corrected chi connectivity index (χ4v) is 2.14. The third-order valence-corrected chi connectivity index (χ3v) is 3.25. The van der Waals surface area contributed by atoms with Gasteiger partial charge >= 0.3 is 0 Å². The van der Waals surface area contributed by atoms with Crippen molar-refractivity contribution in [2.45, 2.75) is 20.3 Å². The Hall–Kier alpha value is -1.28. The number of aromatic nitrogens is 1. The van der Waals surface area contributed by atoms with Crippen LogP contribution in [0.25, 0.3) is 5.52 Å². The van der Waals surface area contributed by atoms with E-state index in [4.69, 9.17) is 0 Å². The highest BCUT2D eigenvalue weighted by Crippen LogP contribution is 2.13. The summed E-state index contributed by atoms with van der Waals surface area (Å²) >= 11 is 0. The summed E-state index contributed by atoms with van der Waals surface area (Å²) in [6, 6.07) is 8.60. The van der Waals surface area contributed by atoms with Crippen molar-refractivity contribution in [2.75, 3.05) is 19.6 Å². The van der Waals surface area contributed by atoms with Gasteiger partial charge in [0, 0.05) is 24.5 Å². The van der Waals surface area contributed by atoms with Crippen molar-refractivity contribution in [3.05, 3.63) is 42.2 Å². The third kappa shape index (κ3) is 2.27. The molecule has 2 aromatic rings. The van der Waals surface area contributed by atoms with E-state index in [9.17, 15) is 0 Å². The molecule has 0 fully saturated rings. The largest absolute Gasteiger partial charge is 0.324 e. The number of hydrogen-bond donors (Lipinski definition) is 0. The summed E-state index contributed by atoms with van der Waals surface area (Å²) in [5.74, 6) is 0. The van der Waals surface area contributed by atoms with Crippen LogP contribution in [-0.4, -0.2) is 28.9 Å². The lowest BCUT2D eigenvalue weighted by Crippen LogP contribution is -2.25. The second kappa shape index (κ2) is 5.17. The van der Waals surface area contributed by atoms with Crippen LogP contribution in [0.3, 0.4) is 0 Å². The molecular formula is C14H20N2. The summed E-state index contributed by atoms with van der Waals surface area (Å²) in [6.07, 6.45) is 5.39. The molecule has 0 atom stereocenters. The molecule has 0 radical (unpaired) electrons. The maximum atomic E-state index is 2.46. The second-order valence-corrected chi connectivity index (χ2v) is 4.11. The Labute approximate surface area is 97.5 Å². The molecule has 0 saturated carbocycles. The van der Waals surface area contributed by atoms with Crippen molar-refractivity contribution in [1.29, 1.82) is 0 Å². The van der Waals surface area contributed by atoms with Crippen LogP contribution in [0.5, 0.6) is 0 Å². The average molecular weight is 216 g/mol. The molecule has 0 aliphatic rings. The van der Waals surface area contributed by atoms with E-state index >= 15 is 0 Å². The van der Waals surface area contributed by atoms with Crippen LogP contribution in [0.4, 0.5) is 0 Å². The Kier molecular flexibility index (Phi) is 3.62. The van der Waals surface area contributed by atoms with Crippen LogP contribution >= 0.6 is 0 Å². The lowest BCUT2D eigenvalue weighted by Gasteiger charge is -2.17. The van der Waals surface area contributed by atoms with Crippen molar-refractivity contribution < 1.29 is 0 Å². The Balaban J connectivity index is 2.09. The Morgan fingerprint density at radius 1 is 1.06 bits per heavy atom. The molecule has 2 aromatic heterocycles. The highest BCUT2D eigenvalue weighted by atomic mass is 15.1. The zero-order chi connectivity index (χ0) is 11.4. The molecule has 0 unspecified atom stereocenters. The van der Waals surface area contributed by atoms with E-state index in [0.717, 1.165) is 26.1 Å². The van der Waals surface area contributed by atoms with Crippen molar-refractivity contribution >= 4 is 5.52 Å². The van der Waals surface area contributed by atoms with Gasteiger partial charge in [-0.2, -0.15) is 0 Å². The van der Waals surface area contributed by atoms with Gasteiger partial charge in [0.2, 0.25) is 0 Å². The molecule has 0 bridgehead atoms. The van der Waals surface area contributed by atoms with E-state index < -0.39 is 0 Å². The van der Waals surface area contributed by atoms with Crippen LogP contribution in [-0.2, 0) is 6.42 Å². The standard InChI is InChI=1S/C14H20N2/c1-3-15(4-2)11-8-13-9-12-16-10-6-5-7-14(13)16/h5-7,9-10,12H,3-4,8,11H2,1-2H3. The van der Waals surface area contributed by atoms with Gasteiger partial charge < -0.3 is 9.30 Å². The van der Waals surface area contributed by atoms with Gasteiger partial charge in [0.25, 0.3) is 0 Å². The highest BCUT2D eigenvalue weighted by Gasteiger charge is 2.04. The molecule has 0 amide bonds. The first-order valence-electron chi connectivity index (χ1n) is 6.12. The van der Waals surface area contributed by atoms with Crippen LogP contribution < -0.4 is 0 Å². The van der Waals surface area contributed by atoms with E-state index in [2.05, 4.69) is 59.8 Å². The monoisotopic (exact) mass is 216 g/mol. The first-order valence-corrected chi connectivity index (χ1v) is 6.12. The molecule has 0 aromatic carbocycles. The summed E-state index contributed by atoms with van der Waals surface area (Å²) < 4.78 is 2.19. The molecule has 0 N–H and O–H groups in total. The molecule has 0 aliphatic carbocycles. The van der Waals surface area contributed by atoms with Crippen molar-refractivity contribution in [2.24, 2.45) is 0 Å². The van der Waals surface area contributed by atoms with Crippen LogP contribution in [0, 0.1) is 0 Å². The minimum Gasteiger partial charge on any atom is -0.324 e. The molecule has 2 heteroatoms. The van der Waals surface area contributed by atoms with Gasteiger partial charge in [-0.05, 0) is 43.3 Å². The van der Waals surface area contributed by atoms with Crippen molar-refractivity contribution in [3.8, 4) is 0 Å². The lowest BCUT2D eigenvalue weighted by molar-refractivity contribution is 0.308. The summed E-state index contributed by atoms with van der Waals surface area (Å²) in [7, 11) is 0. The fourth-order valence-electron chi connectivity index (χ4n) is 2.14. The Morgan fingerprint density at radius 3 is 2.62 bits per heavy atom. The van der Waals surface area contributed by atoms with E-state index in [1.54, 1.807) is 0 Å². The SMILES string of the molecule is CCN(CC)CCc1ccn2ccccc12. The lowest BCUT2D eigenvalue weighted by atomic mass is 10.2. The smallest absolute Gasteiger partial charge is 0.0482 e. The maximum Gasteiger partial charge on any atom is 0.0482 e. The van der Waals surface area contributed by atoms with Crippen molar-refractivity contribution in [3.63, 3.8) is 0 Å². The van der Waals surface area contributed by atoms with Crippen LogP contribution in [0.15, 0.2) is 36.7 Å². The van der Waals surface area contributed by atoms with Crippen molar-refractivity contribution in [1.82, 2.24) is 9.30 Å². The molecular weight excluding hydrogens is 196 g/mol. The molecule has 2 rings (SSSR count). The number of pyridine rings is 1. The predicted molar refractivity (Wildman–Crippen MR) is 68.9 cm³/mol. The van der Waals surface area contributed by atoms with Gasteiger partial charge in [-0.15, -0.1) is 0 Å². The summed E-state index contributed by atoms with van der Waals surface area (Å²) in [5.41, 5.74) is 2.79. The molecule has 0 aliphatic heterocycles. The van der Waals surface area contributed by atoms with E-state index in [-0.39, 0.29) is 0 Å². The summed E-state index contributed by atoms with van der Waals surface area (Å²) in [5, 5.41) is 0. The molecule has 16 heavy (non-hydrogen) atoms. The number of fused-ring (bicyclic) bond motifs is 1. The summed E-state index contributed by atoms with van der Waals surface area (Å²) in [6.45, 7) is 7.88. The first kappa shape index (κ1) is 11.2. The average Bonchev–Trinajstić information content (AvgIpc) is 2.74. The van der Waals surface area contributed by atoms with Gasteiger partial charge in [0.15, 0.2) is 0 Å². The number of rotatable bonds is 5. The molecule has 86 valence electrons. The number of likely N-dealkylation sites (N-methyl/N-ethyl adjacent to an activating group) is 1. The minimum atomic E-state index is 1.14. The van der Waals surface area contributed by atoms with E-state index in [1.807, 2.05) is 0 Å². The fraction of sp³-hybridized carbons (Fsp3) is 0.429. The van der Waals surface area contributed by atoms with E-state index in [0.29, 0.717) is 0 Å². The quantitative estimate of drug-likeness (QED) is 0.746. The van der Waals surface area contributed by atoms with Crippen LogP contribution in [0.2, 0.25) is 0 Å². The normalized spacial score (nSPS) is 11.4.